The van der Waals surface area contributed by atoms with E-state index in [0.29, 0.717) is 31.4 Å². The quantitative estimate of drug-likeness (QED) is 0.445. The molecule has 6 nitrogen and oxygen atoms in total. The molecule has 0 aromatic carbocycles. The summed E-state index contributed by atoms with van der Waals surface area (Å²) in [7, 11) is -1.47. The SMILES string of the molecule is CCS(=O)(=O)N(C)CCCN=C(N)N1CCC[C@@H](C)C1. The van der Waals surface area contributed by atoms with E-state index in [4.69, 9.17) is 5.73 Å². The van der Waals surface area contributed by atoms with E-state index in [1.165, 1.54) is 10.7 Å². The summed E-state index contributed by atoms with van der Waals surface area (Å²) in [6.45, 7) is 6.89. The van der Waals surface area contributed by atoms with Crippen LogP contribution in [0.15, 0.2) is 4.99 Å². The van der Waals surface area contributed by atoms with Gasteiger partial charge in [0.1, 0.15) is 0 Å². The van der Waals surface area contributed by atoms with Crippen molar-refractivity contribution < 1.29 is 8.42 Å². The molecule has 0 unspecified atom stereocenters. The van der Waals surface area contributed by atoms with Gasteiger partial charge in [-0.1, -0.05) is 6.92 Å². The summed E-state index contributed by atoms with van der Waals surface area (Å²) in [5.41, 5.74) is 5.98. The van der Waals surface area contributed by atoms with Gasteiger partial charge in [0.15, 0.2) is 5.96 Å². The first kappa shape index (κ1) is 17.2. The second kappa shape index (κ2) is 7.83. The average Bonchev–Trinajstić information content (AvgIpc) is 2.42. The molecule has 1 rings (SSSR count). The molecular weight excluding hydrogens is 276 g/mol. The van der Waals surface area contributed by atoms with E-state index in [0.717, 1.165) is 19.5 Å². The Balaban J connectivity index is 2.33. The molecule has 1 fully saturated rings. The Morgan fingerprint density at radius 2 is 2.20 bits per heavy atom. The van der Waals surface area contributed by atoms with Crippen molar-refractivity contribution in [2.24, 2.45) is 16.6 Å². The first-order valence-corrected chi connectivity index (χ1v) is 8.96. The van der Waals surface area contributed by atoms with Crippen LogP contribution in [-0.4, -0.2) is 62.6 Å². The third kappa shape index (κ3) is 5.28. The summed E-state index contributed by atoms with van der Waals surface area (Å²) in [6, 6.07) is 0. The Bertz CT molecular complexity index is 422. The second-order valence-corrected chi connectivity index (χ2v) is 7.87. The lowest BCUT2D eigenvalue weighted by Gasteiger charge is -2.31. The van der Waals surface area contributed by atoms with Crippen molar-refractivity contribution in [2.45, 2.75) is 33.1 Å². The number of rotatable bonds is 6. The fraction of sp³-hybridized carbons (Fsp3) is 0.923. The summed E-state index contributed by atoms with van der Waals surface area (Å²) in [6.07, 6.45) is 3.11. The maximum absolute atomic E-state index is 11.6. The van der Waals surface area contributed by atoms with Gasteiger partial charge in [-0.2, -0.15) is 0 Å². The average molecular weight is 304 g/mol. The summed E-state index contributed by atoms with van der Waals surface area (Å²) in [5, 5.41) is 0. The van der Waals surface area contributed by atoms with E-state index >= 15 is 0 Å². The first-order chi connectivity index (χ1) is 9.36. The minimum absolute atomic E-state index is 0.139. The third-order valence-corrected chi connectivity index (χ3v) is 5.59. The van der Waals surface area contributed by atoms with E-state index in [1.807, 2.05) is 0 Å². The van der Waals surface area contributed by atoms with Gasteiger partial charge in [0.25, 0.3) is 0 Å². The molecule has 1 aliphatic heterocycles. The lowest BCUT2D eigenvalue weighted by Crippen LogP contribution is -2.43. The molecule has 1 atom stereocenters. The van der Waals surface area contributed by atoms with E-state index in [-0.39, 0.29) is 5.75 Å². The van der Waals surface area contributed by atoms with Gasteiger partial charge >= 0.3 is 0 Å². The smallest absolute Gasteiger partial charge is 0.213 e. The van der Waals surface area contributed by atoms with Crippen molar-refractivity contribution in [1.29, 1.82) is 0 Å². The van der Waals surface area contributed by atoms with E-state index in [1.54, 1.807) is 14.0 Å². The molecule has 118 valence electrons. The number of piperidine rings is 1. The minimum Gasteiger partial charge on any atom is -0.370 e. The molecule has 0 amide bonds. The predicted octanol–water partition coefficient (Wildman–Crippen LogP) is 0.705. The maximum Gasteiger partial charge on any atom is 0.213 e. The van der Waals surface area contributed by atoms with Gasteiger partial charge < -0.3 is 10.6 Å². The normalized spacial score (nSPS) is 21.5. The highest BCUT2D eigenvalue weighted by atomic mass is 32.2. The van der Waals surface area contributed by atoms with Gasteiger partial charge in [0.05, 0.1) is 5.75 Å². The van der Waals surface area contributed by atoms with Crippen LogP contribution in [0.5, 0.6) is 0 Å². The Morgan fingerprint density at radius 1 is 1.50 bits per heavy atom. The predicted molar refractivity (Wildman–Crippen MR) is 83.2 cm³/mol. The third-order valence-electron chi connectivity index (χ3n) is 3.73. The van der Waals surface area contributed by atoms with Crippen LogP contribution in [0.2, 0.25) is 0 Å². The first-order valence-electron chi connectivity index (χ1n) is 7.35. The number of guanidine groups is 1. The molecule has 0 aliphatic carbocycles. The van der Waals surface area contributed by atoms with Crippen LogP contribution in [0.1, 0.15) is 33.1 Å². The number of nitrogens with two attached hydrogens (primary N) is 1. The largest absolute Gasteiger partial charge is 0.370 e. The zero-order chi connectivity index (χ0) is 15.2. The number of hydrogen-bond acceptors (Lipinski definition) is 3. The molecule has 1 saturated heterocycles. The zero-order valence-electron chi connectivity index (χ0n) is 12.9. The van der Waals surface area contributed by atoms with Crippen LogP contribution in [0, 0.1) is 5.92 Å². The molecule has 1 aliphatic rings. The molecule has 20 heavy (non-hydrogen) atoms. The van der Waals surface area contributed by atoms with Crippen molar-refractivity contribution in [3.05, 3.63) is 0 Å². The zero-order valence-corrected chi connectivity index (χ0v) is 13.7. The molecule has 0 saturated carbocycles. The van der Waals surface area contributed by atoms with Crippen LogP contribution >= 0.6 is 0 Å². The standard InChI is InChI=1S/C13H28N4O2S/c1-4-20(18,19)16(3)9-6-8-15-13(14)17-10-5-7-12(2)11-17/h12H,4-11H2,1-3H3,(H2,14,15)/t12-/m1/s1. The molecule has 7 heteroatoms. The van der Waals surface area contributed by atoms with Gasteiger partial charge in [-0.05, 0) is 32.1 Å². The lowest BCUT2D eigenvalue weighted by atomic mass is 10.0. The van der Waals surface area contributed by atoms with Crippen LogP contribution in [0.3, 0.4) is 0 Å². The van der Waals surface area contributed by atoms with Crippen LogP contribution in [0.25, 0.3) is 0 Å². The van der Waals surface area contributed by atoms with Crippen molar-refractivity contribution in [3.63, 3.8) is 0 Å². The highest BCUT2D eigenvalue weighted by Gasteiger charge is 2.17. The summed E-state index contributed by atoms with van der Waals surface area (Å²) in [4.78, 5) is 6.49. The molecule has 1 heterocycles. The Morgan fingerprint density at radius 3 is 2.80 bits per heavy atom. The summed E-state index contributed by atoms with van der Waals surface area (Å²) in [5.74, 6) is 1.40. The van der Waals surface area contributed by atoms with Crippen LogP contribution in [0.4, 0.5) is 0 Å². The molecule has 0 aromatic heterocycles. The molecule has 0 aromatic rings. The van der Waals surface area contributed by atoms with E-state index in [9.17, 15) is 8.42 Å². The number of aliphatic imine (C=N–C) groups is 1. The molecule has 2 N–H and O–H groups in total. The summed E-state index contributed by atoms with van der Waals surface area (Å²) >= 11 is 0. The fourth-order valence-corrected chi connectivity index (χ4v) is 3.19. The fourth-order valence-electron chi connectivity index (χ4n) is 2.34. The van der Waals surface area contributed by atoms with E-state index in [2.05, 4.69) is 16.8 Å². The number of likely N-dealkylation sites (tertiary alicyclic amines) is 1. The van der Waals surface area contributed by atoms with Crippen molar-refractivity contribution in [2.75, 3.05) is 39.0 Å². The topological polar surface area (TPSA) is 79.0 Å². The monoisotopic (exact) mass is 304 g/mol. The van der Waals surface area contributed by atoms with Gasteiger partial charge in [-0.3, -0.25) is 4.99 Å². The second-order valence-electron chi connectivity index (χ2n) is 5.51. The lowest BCUT2D eigenvalue weighted by molar-refractivity contribution is 0.270. The van der Waals surface area contributed by atoms with Crippen LogP contribution < -0.4 is 5.73 Å². The summed E-state index contributed by atoms with van der Waals surface area (Å²) < 4.78 is 24.5. The molecular formula is C13H28N4O2S. The molecule has 0 bridgehead atoms. The minimum atomic E-state index is -3.08. The van der Waals surface area contributed by atoms with Crippen molar-refractivity contribution in [1.82, 2.24) is 9.21 Å². The maximum atomic E-state index is 11.6. The van der Waals surface area contributed by atoms with Gasteiger partial charge in [0.2, 0.25) is 10.0 Å². The van der Waals surface area contributed by atoms with Gasteiger partial charge in [-0.15, -0.1) is 0 Å². The Hall–Kier alpha value is -0.820. The van der Waals surface area contributed by atoms with Crippen molar-refractivity contribution >= 4 is 16.0 Å². The van der Waals surface area contributed by atoms with Crippen LogP contribution in [-0.2, 0) is 10.0 Å². The highest BCUT2D eigenvalue weighted by Crippen LogP contribution is 2.14. The van der Waals surface area contributed by atoms with Gasteiger partial charge in [-0.25, -0.2) is 12.7 Å². The van der Waals surface area contributed by atoms with Crippen molar-refractivity contribution in [3.8, 4) is 0 Å². The Labute approximate surface area is 123 Å². The number of nitrogens with zero attached hydrogens (tertiary/aromatic N) is 3. The Kier molecular flexibility index (Phi) is 6.75. The van der Waals surface area contributed by atoms with E-state index < -0.39 is 10.0 Å². The highest BCUT2D eigenvalue weighted by molar-refractivity contribution is 7.89. The number of hydrogen-bond donors (Lipinski definition) is 1. The number of sulfonamides is 1. The molecule has 0 radical (unpaired) electrons. The molecule has 0 spiro atoms. The van der Waals surface area contributed by atoms with Gasteiger partial charge in [0, 0.05) is 33.2 Å².